The maximum Gasteiger partial charge on any atom is 0.222 e. The standard InChI is InChI=1S/C18H24N4O2/c1-14-4-5-17(24-14)13-20-11-15-6-8-19-22(15)16(12-20)7-10-21-9-2-3-18(21)23/h4-6,8,16H,2-3,7,9-13H2,1H3. The van der Waals surface area contributed by atoms with Crippen molar-refractivity contribution in [3.63, 3.8) is 0 Å². The largest absolute Gasteiger partial charge is 0.465 e. The maximum atomic E-state index is 11.8. The van der Waals surface area contributed by atoms with Gasteiger partial charge in [-0.1, -0.05) is 0 Å². The van der Waals surface area contributed by atoms with E-state index in [-0.39, 0.29) is 0 Å². The molecule has 0 spiro atoms. The van der Waals surface area contributed by atoms with Gasteiger partial charge in [0.2, 0.25) is 5.91 Å². The van der Waals surface area contributed by atoms with Crippen molar-refractivity contribution in [2.45, 2.75) is 45.3 Å². The number of hydrogen-bond donors (Lipinski definition) is 0. The van der Waals surface area contributed by atoms with E-state index in [1.807, 2.05) is 24.1 Å². The third-order valence-electron chi connectivity index (χ3n) is 5.03. The van der Waals surface area contributed by atoms with E-state index in [0.717, 1.165) is 57.1 Å². The molecule has 1 unspecified atom stereocenters. The normalized spacial score (nSPS) is 21.5. The van der Waals surface area contributed by atoms with Crippen LogP contribution in [0.2, 0.25) is 0 Å². The summed E-state index contributed by atoms with van der Waals surface area (Å²) in [6, 6.07) is 6.47. The zero-order valence-corrected chi connectivity index (χ0v) is 14.1. The molecule has 0 radical (unpaired) electrons. The Morgan fingerprint density at radius 2 is 2.25 bits per heavy atom. The summed E-state index contributed by atoms with van der Waals surface area (Å²) in [6.45, 7) is 6.36. The molecule has 1 saturated heterocycles. The first kappa shape index (κ1) is 15.4. The number of amides is 1. The van der Waals surface area contributed by atoms with Crippen molar-refractivity contribution < 1.29 is 9.21 Å². The van der Waals surface area contributed by atoms with Crippen LogP contribution < -0.4 is 0 Å². The number of likely N-dealkylation sites (tertiary alicyclic amines) is 1. The van der Waals surface area contributed by atoms with Gasteiger partial charge in [0, 0.05) is 38.8 Å². The van der Waals surface area contributed by atoms with Crippen molar-refractivity contribution in [1.29, 1.82) is 0 Å². The van der Waals surface area contributed by atoms with Gasteiger partial charge in [-0.05, 0) is 38.0 Å². The summed E-state index contributed by atoms with van der Waals surface area (Å²) in [5, 5.41) is 4.51. The van der Waals surface area contributed by atoms with E-state index in [4.69, 9.17) is 4.42 Å². The zero-order valence-electron chi connectivity index (χ0n) is 14.1. The molecule has 6 nitrogen and oxygen atoms in total. The molecule has 0 aliphatic carbocycles. The molecule has 2 aromatic rings. The van der Waals surface area contributed by atoms with Crippen LogP contribution in [0.25, 0.3) is 0 Å². The van der Waals surface area contributed by atoms with Crippen molar-refractivity contribution in [2.75, 3.05) is 19.6 Å². The molecule has 4 heterocycles. The summed E-state index contributed by atoms with van der Waals surface area (Å²) in [5.41, 5.74) is 1.24. The Hall–Kier alpha value is -2.08. The smallest absolute Gasteiger partial charge is 0.222 e. The Morgan fingerprint density at radius 1 is 1.33 bits per heavy atom. The van der Waals surface area contributed by atoms with Crippen LogP contribution in [0.1, 0.15) is 42.5 Å². The lowest BCUT2D eigenvalue weighted by molar-refractivity contribution is -0.127. The molecule has 128 valence electrons. The predicted molar refractivity (Wildman–Crippen MR) is 89.3 cm³/mol. The van der Waals surface area contributed by atoms with E-state index >= 15 is 0 Å². The number of fused-ring (bicyclic) bond motifs is 1. The molecule has 2 aliphatic heterocycles. The SMILES string of the molecule is Cc1ccc(CN2Cc3ccnn3C(CCN3CCCC3=O)C2)o1. The molecule has 6 heteroatoms. The van der Waals surface area contributed by atoms with Crippen molar-refractivity contribution >= 4 is 5.91 Å². The number of hydrogen-bond acceptors (Lipinski definition) is 4. The highest BCUT2D eigenvalue weighted by Crippen LogP contribution is 2.25. The average Bonchev–Trinajstić information content (AvgIpc) is 3.27. The second-order valence-corrected chi connectivity index (χ2v) is 6.88. The molecule has 0 bridgehead atoms. The molecule has 4 rings (SSSR count). The number of aryl methyl sites for hydroxylation is 1. The summed E-state index contributed by atoms with van der Waals surface area (Å²) in [5.74, 6) is 2.26. The summed E-state index contributed by atoms with van der Waals surface area (Å²) in [4.78, 5) is 16.2. The molecule has 0 aromatic carbocycles. The van der Waals surface area contributed by atoms with Crippen LogP contribution in [0, 0.1) is 6.92 Å². The van der Waals surface area contributed by atoms with Gasteiger partial charge in [0.25, 0.3) is 0 Å². The van der Waals surface area contributed by atoms with E-state index in [0.29, 0.717) is 18.4 Å². The van der Waals surface area contributed by atoms with E-state index in [2.05, 4.69) is 26.8 Å². The number of rotatable bonds is 5. The highest BCUT2D eigenvalue weighted by molar-refractivity contribution is 5.77. The second kappa shape index (κ2) is 6.43. The van der Waals surface area contributed by atoms with Gasteiger partial charge in [-0.2, -0.15) is 5.10 Å². The fourth-order valence-electron chi connectivity index (χ4n) is 3.83. The van der Waals surface area contributed by atoms with Crippen LogP contribution in [-0.4, -0.2) is 45.1 Å². The lowest BCUT2D eigenvalue weighted by Gasteiger charge is -2.34. The van der Waals surface area contributed by atoms with Crippen LogP contribution in [0.15, 0.2) is 28.8 Å². The second-order valence-electron chi connectivity index (χ2n) is 6.88. The first-order valence-corrected chi connectivity index (χ1v) is 8.77. The first-order valence-electron chi connectivity index (χ1n) is 8.77. The molecule has 0 saturated carbocycles. The fourth-order valence-corrected chi connectivity index (χ4v) is 3.83. The lowest BCUT2D eigenvalue weighted by Crippen LogP contribution is -2.39. The summed E-state index contributed by atoms with van der Waals surface area (Å²) in [7, 11) is 0. The molecular formula is C18H24N4O2. The highest BCUT2D eigenvalue weighted by atomic mass is 16.3. The fraction of sp³-hybridized carbons (Fsp3) is 0.556. The number of furan rings is 1. The Balaban J connectivity index is 1.43. The molecule has 2 aliphatic rings. The Morgan fingerprint density at radius 3 is 3.00 bits per heavy atom. The minimum Gasteiger partial charge on any atom is -0.465 e. The molecule has 2 aromatic heterocycles. The van der Waals surface area contributed by atoms with Gasteiger partial charge in [0.15, 0.2) is 0 Å². The van der Waals surface area contributed by atoms with Crippen LogP contribution in [0.5, 0.6) is 0 Å². The topological polar surface area (TPSA) is 54.5 Å². The maximum absolute atomic E-state index is 11.8. The number of aromatic nitrogens is 2. The molecule has 1 atom stereocenters. The van der Waals surface area contributed by atoms with Crippen molar-refractivity contribution in [1.82, 2.24) is 19.6 Å². The first-order chi connectivity index (χ1) is 11.7. The third-order valence-corrected chi connectivity index (χ3v) is 5.03. The Labute approximate surface area is 142 Å². The Kier molecular flexibility index (Phi) is 4.14. The van der Waals surface area contributed by atoms with Crippen molar-refractivity contribution in [3.05, 3.63) is 41.6 Å². The average molecular weight is 328 g/mol. The van der Waals surface area contributed by atoms with Gasteiger partial charge >= 0.3 is 0 Å². The third kappa shape index (κ3) is 3.11. The van der Waals surface area contributed by atoms with Gasteiger partial charge in [-0.25, -0.2) is 0 Å². The number of carbonyl (C=O) groups is 1. The quantitative estimate of drug-likeness (QED) is 0.845. The highest BCUT2D eigenvalue weighted by Gasteiger charge is 2.28. The van der Waals surface area contributed by atoms with Gasteiger partial charge in [-0.3, -0.25) is 14.4 Å². The molecule has 24 heavy (non-hydrogen) atoms. The van der Waals surface area contributed by atoms with E-state index in [9.17, 15) is 4.79 Å². The molecular weight excluding hydrogens is 304 g/mol. The van der Waals surface area contributed by atoms with Crippen molar-refractivity contribution in [2.24, 2.45) is 0 Å². The van der Waals surface area contributed by atoms with Gasteiger partial charge in [0.1, 0.15) is 11.5 Å². The minimum atomic E-state index is 0.300. The molecule has 1 fully saturated rings. The van der Waals surface area contributed by atoms with E-state index in [1.54, 1.807) is 0 Å². The van der Waals surface area contributed by atoms with Gasteiger partial charge in [-0.15, -0.1) is 0 Å². The predicted octanol–water partition coefficient (Wildman–Crippen LogP) is 2.35. The summed E-state index contributed by atoms with van der Waals surface area (Å²) < 4.78 is 7.87. The van der Waals surface area contributed by atoms with Gasteiger partial charge in [0.05, 0.1) is 18.3 Å². The lowest BCUT2D eigenvalue weighted by atomic mass is 10.1. The van der Waals surface area contributed by atoms with Crippen LogP contribution in [0.3, 0.4) is 0 Å². The summed E-state index contributed by atoms with van der Waals surface area (Å²) in [6.07, 6.45) is 4.54. The van der Waals surface area contributed by atoms with Crippen LogP contribution in [0.4, 0.5) is 0 Å². The number of nitrogens with zero attached hydrogens (tertiary/aromatic N) is 4. The molecule has 0 N–H and O–H groups in total. The molecule has 1 amide bonds. The van der Waals surface area contributed by atoms with Gasteiger partial charge < -0.3 is 9.32 Å². The van der Waals surface area contributed by atoms with Crippen LogP contribution >= 0.6 is 0 Å². The van der Waals surface area contributed by atoms with Crippen LogP contribution in [-0.2, 0) is 17.9 Å². The minimum absolute atomic E-state index is 0.300. The van der Waals surface area contributed by atoms with E-state index < -0.39 is 0 Å². The Bertz CT molecular complexity index is 720. The van der Waals surface area contributed by atoms with Crippen molar-refractivity contribution in [3.8, 4) is 0 Å². The monoisotopic (exact) mass is 328 g/mol. The number of carbonyl (C=O) groups excluding carboxylic acids is 1. The van der Waals surface area contributed by atoms with E-state index in [1.165, 1.54) is 5.69 Å². The zero-order chi connectivity index (χ0) is 16.5. The summed E-state index contributed by atoms with van der Waals surface area (Å²) >= 11 is 0.